The molecular weight excluding hydrogens is 280 g/mol. The summed E-state index contributed by atoms with van der Waals surface area (Å²) >= 11 is 7.68. The van der Waals surface area contributed by atoms with Crippen molar-refractivity contribution in [1.82, 2.24) is 4.98 Å². The fourth-order valence-corrected chi connectivity index (χ4v) is 3.00. The first-order valence-corrected chi connectivity index (χ1v) is 7.36. The summed E-state index contributed by atoms with van der Waals surface area (Å²) in [5, 5.41) is 1.69. The van der Waals surface area contributed by atoms with Gasteiger partial charge in [-0.05, 0) is 26.0 Å². The number of aromatic nitrogens is 1. The Bertz CT molecular complexity index is 554. The molecule has 102 valence electrons. The molecule has 5 heteroatoms. The zero-order valence-electron chi connectivity index (χ0n) is 11.0. The number of halogens is 1. The Balaban J connectivity index is 1.93. The van der Waals surface area contributed by atoms with Gasteiger partial charge in [0.2, 0.25) is 0 Å². The van der Waals surface area contributed by atoms with Gasteiger partial charge < -0.3 is 10.5 Å². The molecule has 1 heterocycles. The molecule has 0 bridgehead atoms. The van der Waals surface area contributed by atoms with Crippen LogP contribution in [0.3, 0.4) is 0 Å². The molecule has 0 aliphatic carbocycles. The molecule has 0 spiro atoms. The van der Waals surface area contributed by atoms with E-state index in [1.165, 1.54) is 0 Å². The molecule has 2 N–H and O–H groups in total. The number of benzene rings is 1. The van der Waals surface area contributed by atoms with Crippen molar-refractivity contribution in [2.75, 3.05) is 6.61 Å². The molecular formula is C14H17ClN2OS. The van der Waals surface area contributed by atoms with Gasteiger partial charge in [0.15, 0.2) is 0 Å². The number of nitrogens with two attached hydrogens (primary N) is 1. The summed E-state index contributed by atoms with van der Waals surface area (Å²) < 4.78 is 5.65. The minimum atomic E-state index is 0.0377. The topological polar surface area (TPSA) is 48.1 Å². The Kier molecular flexibility index (Phi) is 4.80. The van der Waals surface area contributed by atoms with Crippen LogP contribution in [0.15, 0.2) is 24.3 Å². The maximum absolute atomic E-state index is 6.02. The van der Waals surface area contributed by atoms with E-state index in [9.17, 15) is 0 Å². The molecule has 1 aromatic heterocycles. The highest BCUT2D eigenvalue weighted by Crippen LogP contribution is 2.25. The lowest BCUT2D eigenvalue weighted by Gasteiger charge is -2.06. The van der Waals surface area contributed by atoms with E-state index in [4.69, 9.17) is 22.1 Å². The van der Waals surface area contributed by atoms with Crippen molar-refractivity contribution in [2.45, 2.75) is 26.3 Å². The molecule has 1 atom stereocenters. The Labute approximate surface area is 122 Å². The van der Waals surface area contributed by atoms with Crippen LogP contribution in [0.1, 0.15) is 28.5 Å². The van der Waals surface area contributed by atoms with Crippen molar-refractivity contribution < 1.29 is 4.74 Å². The highest BCUT2D eigenvalue weighted by molar-refractivity contribution is 7.11. The lowest BCUT2D eigenvalue weighted by Crippen LogP contribution is -2.03. The SMILES string of the molecule is Cc1nc(CCOc2ccccc2Cl)sc1C(C)N. The average molecular weight is 297 g/mol. The number of aryl methyl sites for hydroxylation is 1. The van der Waals surface area contributed by atoms with E-state index in [0.29, 0.717) is 17.4 Å². The lowest BCUT2D eigenvalue weighted by atomic mass is 10.2. The zero-order chi connectivity index (χ0) is 13.8. The summed E-state index contributed by atoms with van der Waals surface area (Å²) in [5.74, 6) is 0.713. The number of thiazole rings is 1. The molecule has 0 radical (unpaired) electrons. The quantitative estimate of drug-likeness (QED) is 0.914. The predicted molar refractivity (Wildman–Crippen MR) is 80.1 cm³/mol. The number of rotatable bonds is 5. The summed E-state index contributed by atoms with van der Waals surface area (Å²) in [7, 11) is 0. The first kappa shape index (κ1) is 14.3. The molecule has 0 saturated heterocycles. The van der Waals surface area contributed by atoms with Crippen LogP contribution in [-0.4, -0.2) is 11.6 Å². The average Bonchev–Trinajstić information content (AvgIpc) is 2.73. The molecule has 0 amide bonds. The Morgan fingerprint density at radius 3 is 2.79 bits per heavy atom. The van der Waals surface area contributed by atoms with Crippen LogP contribution >= 0.6 is 22.9 Å². The summed E-state index contributed by atoms with van der Waals surface area (Å²) in [6.07, 6.45) is 0.767. The molecule has 1 aromatic carbocycles. The number of para-hydroxylation sites is 1. The van der Waals surface area contributed by atoms with Crippen molar-refractivity contribution in [2.24, 2.45) is 5.73 Å². The number of hydrogen-bond donors (Lipinski definition) is 1. The highest BCUT2D eigenvalue weighted by Gasteiger charge is 2.11. The van der Waals surface area contributed by atoms with Gasteiger partial charge in [-0.15, -0.1) is 11.3 Å². The van der Waals surface area contributed by atoms with Gasteiger partial charge >= 0.3 is 0 Å². The van der Waals surface area contributed by atoms with Gasteiger partial charge in [0.1, 0.15) is 5.75 Å². The fraction of sp³-hybridized carbons (Fsp3) is 0.357. The van der Waals surface area contributed by atoms with E-state index in [1.54, 1.807) is 11.3 Å². The standard InChI is InChI=1S/C14H17ClN2OS/c1-9(16)14-10(2)17-13(19-14)7-8-18-12-6-4-3-5-11(12)15/h3-6,9H,7-8,16H2,1-2H3. The Hall–Kier alpha value is -1.10. The van der Waals surface area contributed by atoms with Gasteiger partial charge in [-0.1, -0.05) is 23.7 Å². The van der Waals surface area contributed by atoms with Crippen molar-refractivity contribution in [3.8, 4) is 5.75 Å². The predicted octanol–water partition coefficient (Wildman–Crippen LogP) is 3.75. The van der Waals surface area contributed by atoms with Gasteiger partial charge in [-0.2, -0.15) is 0 Å². The molecule has 0 aliphatic rings. The van der Waals surface area contributed by atoms with Crippen molar-refractivity contribution >= 4 is 22.9 Å². The molecule has 3 nitrogen and oxygen atoms in total. The number of nitrogens with zero attached hydrogens (tertiary/aromatic N) is 1. The second-order valence-corrected chi connectivity index (χ2v) is 5.90. The van der Waals surface area contributed by atoms with Gasteiger partial charge in [0.25, 0.3) is 0 Å². The van der Waals surface area contributed by atoms with E-state index in [0.717, 1.165) is 22.0 Å². The summed E-state index contributed by atoms with van der Waals surface area (Å²) in [6, 6.07) is 7.51. The Morgan fingerprint density at radius 2 is 2.16 bits per heavy atom. The monoisotopic (exact) mass is 296 g/mol. The van der Waals surface area contributed by atoms with Crippen LogP contribution in [0.5, 0.6) is 5.75 Å². The van der Waals surface area contributed by atoms with E-state index in [2.05, 4.69) is 4.98 Å². The number of hydrogen-bond acceptors (Lipinski definition) is 4. The molecule has 0 saturated carbocycles. The van der Waals surface area contributed by atoms with Gasteiger partial charge in [-0.25, -0.2) is 4.98 Å². The molecule has 0 fully saturated rings. The summed E-state index contributed by atoms with van der Waals surface area (Å²) in [5.41, 5.74) is 6.91. The largest absolute Gasteiger partial charge is 0.492 e. The minimum absolute atomic E-state index is 0.0377. The number of ether oxygens (including phenoxy) is 1. The molecule has 2 rings (SSSR count). The third kappa shape index (κ3) is 3.69. The first-order valence-electron chi connectivity index (χ1n) is 6.17. The lowest BCUT2D eigenvalue weighted by molar-refractivity contribution is 0.322. The van der Waals surface area contributed by atoms with Crippen LogP contribution in [0.2, 0.25) is 5.02 Å². The second kappa shape index (κ2) is 6.37. The van der Waals surface area contributed by atoms with Crippen LogP contribution in [0.25, 0.3) is 0 Å². The Morgan fingerprint density at radius 1 is 1.42 bits per heavy atom. The normalized spacial score (nSPS) is 12.4. The van der Waals surface area contributed by atoms with Gasteiger partial charge in [0, 0.05) is 17.3 Å². The van der Waals surface area contributed by atoms with Crippen molar-refractivity contribution in [1.29, 1.82) is 0 Å². The third-order valence-electron chi connectivity index (χ3n) is 2.70. The third-order valence-corrected chi connectivity index (χ3v) is 4.43. The van der Waals surface area contributed by atoms with Crippen LogP contribution in [-0.2, 0) is 6.42 Å². The molecule has 0 aliphatic heterocycles. The second-order valence-electron chi connectivity index (χ2n) is 4.37. The summed E-state index contributed by atoms with van der Waals surface area (Å²) in [6.45, 7) is 4.53. The van der Waals surface area contributed by atoms with Crippen molar-refractivity contribution in [3.63, 3.8) is 0 Å². The zero-order valence-corrected chi connectivity index (χ0v) is 12.6. The fourth-order valence-electron chi connectivity index (χ4n) is 1.81. The van der Waals surface area contributed by atoms with Crippen molar-refractivity contribution in [3.05, 3.63) is 44.9 Å². The molecule has 1 unspecified atom stereocenters. The van der Waals surface area contributed by atoms with E-state index < -0.39 is 0 Å². The van der Waals surface area contributed by atoms with Crippen LogP contribution < -0.4 is 10.5 Å². The maximum Gasteiger partial charge on any atom is 0.137 e. The van der Waals surface area contributed by atoms with E-state index in [-0.39, 0.29) is 6.04 Å². The molecule has 2 aromatic rings. The highest BCUT2D eigenvalue weighted by atomic mass is 35.5. The molecule has 19 heavy (non-hydrogen) atoms. The maximum atomic E-state index is 6.02. The van der Waals surface area contributed by atoms with E-state index >= 15 is 0 Å². The van der Waals surface area contributed by atoms with Gasteiger partial charge in [0.05, 0.1) is 22.3 Å². The van der Waals surface area contributed by atoms with E-state index in [1.807, 2.05) is 38.1 Å². The minimum Gasteiger partial charge on any atom is -0.492 e. The van der Waals surface area contributed by atoms with Crippen LogP contribution in [0.4, 0.5) is 0 Å². The smallest absolute Gasteiger partial charge is 0.137 e. The van der Waals surface area contributed by atoms with Crippen LogP contribution in [0, 0.1) is 6.92 Å². The summed E-state index contributed by atoms with van der Waals surface area (Å²) in [4.78, 5) is 5.66. The van der Waals surface area contributed by atoms with Gasteiger partial charge in [-0.3, -0.25) is 0 Å². The first-order chi connectivity index (χ1) is 9.08.